The Morgan fingerprint density at radius 3 is 0.859 bits per heavy atom. The van der Waals surface area contributed by atoms with Crippen LogP contribution in [0.5, 0.6) is 0 Å². The molecule has 8 rings (SSSR count). The number of rotatable bonds is 4. The molecular weight excluding hydrogens is 769 g/mol. The Kier molecular flexibility index (Phi) is 47.0. The van der Waals surface area contributed by atoms with Crippen molar-refractivity contribution >= 4 is 0 Å². The van der Waals surface area contributed by atoms with Gasteiger partial charge in [0.05, 0.1) is 0 Å². The summed E-state index contributed by atoms with van der Waals surface area (Å²) >= 11 is 0. The van der Waals surface area contributed by atoms with Crippen LogP contribution in [0.2, 0.25) is 0 Å². The second-order valence-corrected chi connectivity index (χ2v) is 21.3. The molecule has 0 radical (unpaired) electrons. The van der Waals surface area contributed by atoms with Crippen LogP contribution in [0.1, 0.15) is 282 Å². The van der Waals surface area contributed by atoms with Gasteiger partial charge in [-0.05, 0) is 159 Å². The number of hydrogen-bond acceptors (Lipinski definition) is 0. The molecule has 64 heavy (non-hydrogen) atoms. The van der Waals surface area contributed by atoms with Gasteiger partial charge >= 0.3 is 0 Å². The molecule has 0 bridgehead atoms. The van der Waals surface area contributed by atoms with Crippen molar-refractivity contribution in [3.05, 3.63) is 48.6 Å². The van der Waals surface area contributed by atoms with Crippen molar-refractivity contribution in [3.63, 3.8) is 0 Å². The van der Waals surface area contributed by atoms with Crippen molar-refractivity contribution in [1.82, 2.24) is 0 Å². The minimum atomic E-state index is 0.500. The summed E-state index contributed by atoms with van der Waals surface area (Å²) in [6.07, 6.45) is 46.7. The van der Waals surface area contributed by atoms with Crippen molar-refractivity contribution in [1.29, 1.82) is 0 Å². The molecule has 8 aliphatic rings. The third kappa shape index (κ3) is 29.0. The highest BCUT2D eigenvalue weighted by Crippen LogP contribution is 2.54. The number of fused-ring (bicyclic) bond motifs is 4. The third-order valence-electron chi connectivity index (χ3n) is 13.6. The predicted molar refractivity (Wildman–Crippen MR) is 303 cm³/mol. The van der Waals surface area contributed by atoms with E-state index in [1.54, 1.807) is 83.5 Å². The molecule has 0 aromatic carbocycles. The Morgan fingerprint density at radius 2 is 0.547 bits per heavy atom. The first kappa shape index (κ1) is 69.5. The van der Waals surface area contributed by atoms with E-state index in [9.17, 15) is 0 Å². The zero-order chi connectivity index (χ0) is 50.3. The van der Waals surface area contributed by atoms with E-state index in [2.05, 4.69) is 104 Å². The van der Waals surface area contributed by atoms with Gasteiger partial charge in [0.2, 0.25) is 0 Å². The molecule has 6 saturated carbocycles. The first-order valence-electron chi connectivity index (χ1n) is 29.5. The lowest BCUT2D eigenvalue weighted by molar-refractivity contribution is 0.164. The molecule has 0 amide bonds. The number of allylic oxidation sites excluding steroid dienone is 8. The largest absolute Gasteiger partial charge is 0.0808 e. The lowest BCUT2D eigenvalue weighted by Gasteiger charge is -2.34. The minimum Gasteiger partial charge on any atom is -0.0808 e. The summed E-state index contributed by atoms with van der Waals surface area (Å²) < 4.78 is 0. The van der Waals surface area contributed by atoms with E-state index in [4.69, 9.17) is 0 Å². The molecule has 6 fully saturated rings. The van der Waals surface area contributed by atoms with Gasteiger partial charge in [-0.1, -0.05) is 253 Å². The highest BCUT2D eigenvalue weighted by atomic mass is 14.5. The zero-order valence-electron chi connectivity index (χ0n) is 49.3. The fourth-order valence-corrected chi connectivity index (χ4v) is 11.8. The van der Waals surface area contributed by atoms with Crippen LogP contribution in [-0.4, -0.2) is 0 Å². The van der Waals surface area contributed by atoms with E-state index in [-0.39, 0.29) is 0 Å². The summed E-state index contributed by atoms with van der Waals surface area (Å²) in [5.74, 6) is 12.3. The molecule has 0 aromatic heterocycles. The summed E-state index contributed by atoms with van der Waals surface area (Å²) in [5, 5.41) is 0. The maximum Gasteiger partial charge on any atom is -0.0139 e. The lowest BCUT2D eigenvalue weighted by Crippen LogP contribution is -2.24. The van der Waals surface area contributed by atoms with Crippen LogP contribution in [0, 0.1) is 81.8 Å². The Bertz CT molecular complexity index is 974. The molecule has 0 heterocycles. The standard InChI is InChI=1S/C19H32.C19H24.2C5H12.8C2H6/c2*1-3-7-18-14(5-1)9-11-16(18)13-17-12-10-15-6-2-4-8-19(15)17;2*1-5(2,3)4;8*1-2/h14-19H,1-13H2;1-8,14-19H,9-13H2;2*1-4H3;8*1-2H3. The summed E-state index contributed by atoms with van der Waals surface area (Å²) in [4.78, 5) is 0. The highest BCUT2D eigenvalue weighted by Gasteiger charge is 2.43. The van der Waals surface area contributed by atoms with Gasteiger partial charge in [-0.15, -0.1) is 0 Å². The van der Waals surface area contributed by atoms with E-state index >= 15 is 0 Å². The summed E-state index contributed by atoms with van der Waals surface area (Å²) in [7, 11) is 0. The predicted octanol–water partition coefficient (Wildman–Crippen LogP) is 23.0. The highest BCUT2D eigenvalue weighted by molar-refractivity contribution is 5.19. The number of hydrogen-bond donors (Lipinski definition) is 0. The molecule has 0 heteroatoms. The van der Waals surface area contributed by atoms with Gasteiger partial charge in [-0.25, -0.2) is 0 Å². The van der Waals surface area contributed by atoms with Gasteiger partial charge in [0, 0.05) is 0 Å². The smallest absolute Gasteiger partial charge is 0.0139 e. The second kappa shape index (κ2) is 43.3. The maximum atomic E-state index is 2.49. The average Bonchev–Trinajstić information content (AvgIpc) is 4.15. The molecule has 12 unspecified atom stereocenters. The van der Waals surface area contributed by atoms with Gasteiger partial charge in [-0.3, -0.25) is 0 Å². The molecule has 0 N–H and O–H groups in total. The van der Waals surface area contributed by atoms with Crippen molar-refractivity contribution < 1.29 is 0 Å². The molecular formula is C64H128. The fourth-order valence-electron chi connectivity index (χ4n) is 11.8. The van der Waals surface area contributed by atoms with Crippen LogP contribution < -0.4 is 0 Å². The second-order valence-electron chi connectivity index (χ2n) is 21.3. The molecule has 0 aromatic rings. The fraction of sp³-hybridized carbons (Fsp3) is 0.875. The maximum absolute atomic E-state index is 2.49. The van der Waals surface area contributed by atoms with Crippen molar-refractivity contribution in [2.45, 2.75) is 282 Å². The van der Waals surface area contributed by atoms with Crippen LogP contribution in [-0.2, 0) is 0 Å². The van der Waals surface area contributed by atoms with E-state index in [1.807, 2.05) is 111 Å². The molecule has 384 valence electrons. The van der Waals surface area contributed by atoms with E-state index in [1.165, 1.54) is 32.1 Å². The summed E-state index contributed by atoms with van der Waals surface area (Å²) in [6.45, 7) is 49.5. The van der Waals surface area contributed by atoms with Gasteiger partial charge in [0.25, 0.3) is 0 Å². The Balaban J connectivity index is -0.000000373. The molecule has 8 aliphatic carbocycles. The zero-order valence-corrected chi connectivity index (χ0v) is 49.3. The van der Waals surface area contributed by atoms with Crippen LogP contribution in [0.25, 0.3) is 0 Å². The van der Waals surface area contributed by atoms with E-state index in [0.717, 1.165) is 71.0 Å². The van der Waals surface area contributed by atoms with E-state index < -0.39 is 0 Å². The van der Waals surface area contributed by atoms with Crippen LogP contribution in [0.4, 0.5) is 0 Å². The van der Waals surface area contributed by atoms with E-state index in [0.29, 0.717) is 10.8 Å². The van der Waals surface area contributed by atoms with Gasteiger partial charge in [-0.2, -0.15) is 0 Å². The van der Waals surface area contributed by atoms with Crippen molar-refractivity contribution in [3.8, 4) is 0 Å². The molecule has 0 spiro atoms. The minimum absolute atomic E-state index is 0.500. The Labute approximate surface area is 410 Å². The van der Waals surface area contributed by atoms with Gasteiger partial charge < -0.3 is 0 Å². The van der Waals surface area contributed by atoms with Crippen molar-refractivity contribution in [2.75, 3.05) is 0 Å². The molecule has 0 aliphatic heterocycles. The van der Waals surface area contributed by atoms with Crippen LogP contribution >= 0.6 is 0 Å². The summed E-state index contributed by atoms with van der Waals surface area (Å²) in [6, 6.07) is 0. The normalized spacial score (nSPS) is 31.2. The third-order valence-corrected chi connectivity index (χ3v) is 13.6. The Morgan fingerprint density at radius 1 is 0.297 bits per heavy atom. The molecule has 0 nitrogen and oxygen atoms in total. The Hall–Kier alpha value is -1.04. The SMILES string of the molecule is C1=CC2CCC(CC3CCC4C=CC=CC43)C2C=C1.C1CCC2C(C1)CCC2CC1CCC2CCCCC21.CC.CC.CC.CC.CC.CC.CC.CC.CC(C)(C)C.CC(C)(C)C. The summed E-state index contributed by atoms with van der Waals surface area (Å²) in [5.41, 5.74) is 1.00. The van der Waals surface area contributed by atoms with Crippen molar-refractivity contribution in [2.24, 2.45) is 81.8 Å². The van der Waals surface area contributed by atoms with Crippen LogP contribution in [0.15, 0.2) is 48.6 Å². The molecule has 0 saturated heterocycles. The van der Waals surface area contributed by atoms with Gasteiger partial charge in [0.15, 0.2) is 0 Å². The monoisotopic (exact) mass is 897 g/mol. The first-order valence-corrected chi connectivity index (χ1v) is 29.5. The topological polar surface area (TPSA) is 0 Å². The average molecular weight is 898 g/mol. The van der Waals surface area contributed by atoms with Crippen LogP contribution in [0.3, 0.4) is 0 Å². The quantitative estimate of drug-likeness (QED) is 0.264. The molecule has 12 atom stereocenters. The first-order chi connectivity index (χ1) is 30.8. The lowest BCUT2D eigenvalue weighted by atomic mass is 9.72. The van der Waals surface area contributed by atoms with Gasteiger partial charge in [0.1, 0.15) is 0 Å².